The SMILES string of the molecule is O=C(CCSc1ccccc1)Nc1cccc(I)c1. The summed E-state index contributed by atoms with van der Waals surface area (Å²) in [5, 5.41) is 2.91. The van der Waals surface area contributed by atoms with Gasteiger partial charge in [0.2, 0.25) is 5.91 Å². The minimum absolute atomic E-state index is 0.0606. The lowest BCUT2D eigenvalue weighted by atomic mass is 10.3. The second-order valence-corrected chi connectivity index (χ2v) is 6.38. The van der Waals surface area contributed by atoms with Crippen LogP contribution in [0.4, 0.5) is 5.69 Å². The second kappa shape index (κ2) is 7.55. The fourth-order valence-corrected chi connectivity index (χ4v) is 2.98. The number of benzene rings is 2. The smallest absolute Gasteiger partial charge is 0.225 e. The molecule has 0 unspecified atom stereocenters. The van der Waals surface area contributed by atoms with E-state index in [1.807, 2.05) is 42.5 Å². The first-order valence-corrected chi connectivity index (χ1v) is 8.04. The molecule has 2 aromatic rings. The molecule has 0 radical (unpaired) electrons. The zero-order valence-corrected chi connectivity index (χ0v) is 13.3. The molecule has 0 aromatic heterocycles. The number of carbonyl (C=O) groups is 1. The molecule has 1 amide bonds. The van der Waals surface area contributed by atoms with E-state index in [0.29, 0.717) is 6.42 Å². The predicted octanol–water partition coefficient (Wildman–Crippen LogP) is 4.41. The Balaban J connectivity index is 1.76. The minimum Gasteiger partial charge on any atom is -0.326 e. The lowest BCUT2D eigenvalue weighted by Gasteiger charge is -2.05. The molecule has 2 nitrogen and oxygen atoms in total. The molecular formula is C15H14INOS. The molecule has 98 valence electrons. The van der Waals surface area contributed by atoms with Crippen molar-refractivity contribution in [3.8, 4) is 0 Å². The largest absolute Gasteiger partial charge is 0.326 e. The highest BCUT2D eigenvalue weighted by Gasteiger charge is 2.03. The van der Waals surface area contributed by atoms with Gasteiger partial charge in [-0.05, 0) is 52.9 Å². The molecule has 4 heteroatoms. The lowest BCUT2D eigenvalue weighted by molar-refractivity contribution is -0.115. The summed E-state index contributed by atoms with van der Waals surface area (Å²) in [6.45, 7) is 0. The van der Waals surface area contributed by atoms with Crippen molar-refractivity contribution in [3.63, 3.8) is 0 Å². The Labute approximate surface area is 131 Å². The highest BCUT2D eigenvalue weighted by atomic mass is 127. The Morgan fingerprint density at radius 2 is 1.89 bits per heavy atom. The van der Waals surface area contributed by atoms with Gasteiger partial charge in [0, 0.05) is 26.3 Å². The van der Waals surface area contributed by atoms with Crippen LogP contribution in [0, 0.1) is 3.57 Å². The van der Waals surface area contributed by atoms with Crippen LogP contribution in [0.3, 0.4) is 0 Å². The average molecular weight is 383 g/mol. The van der Waals surface area contributed by atoms with Crippen molar-refractivity contribution in [1.82, 2.24) is 0 Å². The van der Waals surface area contributed by atoms with Crippen molar-refractivity contribution in [2.24, 2.45) is 0 Å². The van der Waals surface area contributed by atoms with Crippen LogP contribution in [0.5, 0.6) is 0 Å². The molecule has 0 aliphatic rings. The number of carbonyl (C=O) groups excluding carboxylic acids is 1. The van der Waals surface area contributed by atoms with Gasteiger partial charge >= 0.3 is 0 Å². The Morgan fingerprint density at radius 3 is 2.63 bits per heavy atom. The van der Waals surface area contributed by atoms with E-state index in [2.05, 4.69) is 40.0 Å². The van der Waals surface area contributed by atoms with Crippen molar-refractivity contribution >= 4 is 45.9 Å². The van der Waals surface area contributed by atoms with E-state index in [4.69, 9.17) is 0 Å². The minimum atomic E-state index is 0.0606. The Hall–Kier alpha value is -1.01. The summed E-state index contributed by atoms with van der Waals surface area (Å²) >= 11 is 3.93. The number of anilines is 1. The van der Waals surface area contributed by atoms with E-state index in [1.165, 1.54) is 4.90 Å². The summed E-state index contributed by atoms with van der Waals surface area (Å²) < 4.78 is 1.12. The van der Waals surface area contributed by atoms with Crippen LogP contribution >= 0.6 is 34.4 Å². The zero-order chi connectivity index (χ0) is 13.5. The molecule has 0 heterocycles. The maximum atomic E-state index is 11.8. The van der Waals surface area contributed by atoms with E-state index in [1.54, 1.807) is 11.8 Å². The predicted molar refractivity (Wildman–Crippen MR) is 89.6 cm³/mol. The highest BCUT2D eigenvalue weighted by molar-refractivity contribution is 14.1. The Kier molecular flexibility index (Phi) is 5.72. The fourth-order valence-electron chi connectivity index (χ4n) is 1.57. The van der Waals surface area contributed by atoms with Gasteiger partial charge in [0.1, 0.15) is 0 Å². The van der Waals surface area contributed by atoms with Gasteiger partial charge in [-0.2, -0.15) is 0 Å². The number of hydrogen-bond acceptors (Lipinski definition) is 2. The summed E-state index contributed by atoms with van der Waals surface area (Å²) in [7, 11) is 0. The summed E-state index contributed by atoms with van der Waals surface area (Å²) in [5.41, 5.74) is 0.863. The van der Waals surface area contributed by atoms with Crippen molar-refractivity contribution in [2.75, 3.05) is 11.1 Å². The highest BCUT2D eigenvalue weighted by Crippen LogP contribution is 2.18. The summed E-state index contributed by atoms with van der Waals surface area (Å²) in [6, 6.07) is 17.9. The van der Waals surface area contributed by atoms with Crippen molar-refractivity contribution in [1.29, 1.82) is 0 Å². The topological polar surface area (TPSA) is 29.1 Å². The lowest BCUT2D eigenvalue weighted by Crippen LogP contribution is -2.12. The maximum absolute atomic E-state index is 11.8. The number of amides is 1. The number of halogens is 1. The van der Waals surface area contributed by atoms with Crippen molar-refractivity contribution in [3.05, 3.63) is 58.2 Å². The average Bonchev–Trinajstić information content (AvgIpc) is 2.40. The summed E-state index contributed by atoms with van der Waals surface area (Å²) in [6.07, 6.45) is 0.519. The molecule has 0 saturated carbocycles. The second-order valence-electron chi connectivity index (χ2n) is 3.97. The molecular weight excluding hydrogens is 369 g/mol. The summed E-state index contributed by atoms with van der Waals surface area (Å²) in [5.74, 6) is 0.852. The third kappa shape index (κ3) is 5.24. The van der Waals surface area contributed by atoms with Crippen LogP contribution in [0.1, 0.15) is 6.42 Å². The third-order valence-electron chi connectivity index (χ3n) is 2.45. The number of nitrogens with one attached hydrogen (secondary N) is 1. The van der Waals surface area contributed by atoms with Gasteiger partial charge in [0.25, 0.3) is 0 Å². The first-order chi connectivity index (χ1) is 9.24. The van der Waals surface area contributed by atoms with Gasteiger partial charge in [-0.1, -0.05) is 24.3 Å². The Morgan fingerprint density at radius 1 is 1.11 bits per heavy atom. The van der Waals surface area contributed by atoms with Gasteiger partial charge in [-0.15, -0.1) is 11.8 Å². The number of hydrogen-bond donors (Lipinski definition) is 1. The molecule has 2 aromatic carbocycles. The van der Waals surface area contributed by atoms with Crippen LogP contribution < -0.4 is 5.32 Å². The fraction of sp³-hybridized carbons (Fsp3) is 0.133. The normalized spacial score (nSPS) is 10.2. The molecule has 0 fully saturated rings. The van der Waals surface area contributed by atoms with Gasteiger partial charge in [-0.25, -0.2) is 0 Å². The maximum Gasteiger partial charge on any atom is 0.225 e. The Bertz CT molecular complexity index is 545. The number of thioether (sulfide) groups is 1. The molecule has 19 heavy (non-hydrogen) atoms. The molecule has 0 spiro atoms. The number of rotatable bonds is 5. The molecule has 0 atom stereocenters. The van der Waals surface area contributed by atoms with E-state index < -0.39 is 0 Å². The monoisotopic (exact) mass is 383 g/mol. The van der Waals surface area contributed by atoms with Crippen LogP contribution in [0.2, 0.25) is 0 Å². The van der Waals surface area contributed by atoms with Gasteiger partial charge in [0.15, 0.2) is 0 Å². The summed E-state index contributed by atoms with van der Waals surface area (Å²) in [4.78, 5) is 13.0. The van der Waals surface area contributed by atoms with Gasteiger partial charge in [0.05, 0.1) is 0 Å². The van der Waals surface area contributed by atoms with Crippen LogP contribution in [-0.2, 0) is 4.79 Å². The van der Waals surface area contributed by atoms with Crippen molar-refractivity contribution in [2.45, 2.75) is 11.3 Å². The quantitative estimate of drug-likeness (QED) is 0.612. The standard InChI is InChI=1S/C15H14INOS/c16-12-5-4-6-13(11-12)17-15(18)9-10-19-14-7-2-1-3-8-14/h1-8,11H,9-10H2,(H,17,18). The first-order valence-electron chi connectivity index (χ1n) is 5.97. The van der Waals surface area contributed by atoms with E-state index >= 15 is 0 Å². The van der Waals surface area contributed by atoms with E-state index in [9.17, 15) is 4.79 Å². The van der Waals surface area contributed by atoms with E-state index in [0.717, 1.165) is 15.0 Å². The molecule has 0 aliphatic heterocycles. The molecule has 0 bridgehead atoms. The van der Waals surface area contributed by atoms with Crippen LogP contribution in [-0.4, -0.2) is 11.7 Å². The molecule has 1 N–H and O–H groups in total. The molecule has 0 aliphatic carbocycles. The van der Waals surface area contributed by atoms with Crippen LogP contribution in [0.25, 0.3) is 0 Å². The third-order valence-corrected chi connectivity index (χ3v) is 4.13. The molecule has 0 saturated heterocycles. The van der Waals surface area contributed by atoms with Crippen molar-refractivity contribution < 1.29 is 4.79 Å². The van der Waals surface area contributed by atoms with Gasteiger partial charge < -0.3 is 5.32 Å². The van der Waals surface area contributed by atoms with Gasteiger partial charge in [-0.3, -0.25) is 4.79 Å². The van der Waals surface area contributed by atoms with Crippen LogP contribution in [0.15, 0.2) is 59.5 Å². The molecule has 2 rings (SSSR count). The first kappa shape index (κ1) is 14.4. The van der Waals surface area contributed by atoms with E-state index in [-0.39, 0.29) is 5.91 Å². The zero-order valence-electron chi connectivity index (χ0n) is 10.3.